The first kappa shape index (κ1) is 20.5. The molecule has 0 spiro atoms. The van der Waals surface area contributed by atoms with Gasteiger partial charge in [-0.15, -0.1) is 0 Å². The second-order valence-corrected chi connectivity index (χ2v) is 7.53. The molecule has 1 N–H and O–H groups in total. The third-order valence-corrected chi connectivity index (χ3v) is 5.27. The van der Waals surface area contributed by atoms with Crippen molar-refractivity contribution < 1.29 is 4.79 Å². The van der Waals surface area contributed by atoms with Gasteiger partial charge >= 0.3 is 0 Å². The SMILES string of the molecule is CCn1ccnc1-c1cc(C(=O)NC(C)c2cnccn2)cc(-c2ccc(C)cc2)c1. The Hall–Kier alpha value is -3.80. The predicted octanol–water partition coefficient (Wildman–Crippen LogP) is 4.83. The molecule has 0 saturated carbocycles. The van der Waals surface area contributed by atoms with E-state index in [1.807, 2.05) is 25.3 Å². The maximum Gasteiger partial charge on any atom is 0.251 e. The van der Waals surface area contributed by atoms with Crippen molar-refractivity contribution in [2.45, 2.75) is 33.4 Å². The Morgan fingerprint density at radius 2 is 1.77 bits per heavy atom. The monoisotopic (exact) mass is 411 g/mol. The standard InChI is InChI=1S/C25H25N5O/c1-4-30-12-11-28-24(30)21-13-20(19-7-5-17(2)6-8-19)14-22(15-21)25(31)29-18(3)23-16-26-9-10-27-23/h5-16,18H,4H2,1-3H3,(H,29,31). The minimum absolute atomic E-state index is 0.164. The number of nitrogens with zero attached hydrogens (tertiary/aromatic N) is 4. The van der Waals surface area contributed by atoms with Gasteiger partial charge in [-0.25, -0.2) is 4.98 Å². The summed E-state index contributed by atoms with van der Waals surface area (Å²) >= 11 is 0. The van der Waals surface area contributed by atoms with Crippen molar-refractivity contribution >= 4 is 5.91 Å². The lowest BCUT2D eigenvalue weighted by Crippen LogP contribution is -2.27. The summed E-state index contributed by atoms with van der Waals surface area (Å²) in [7, 11) is 0. The average molecular weight is 412 g/mol. The molecular formula is C25H25N5O. The summed E-state index contributed by atoms with van der Waals surface area (Å²) in [5.41, 5.74) is 5.42. The highest BCUT2D eigenvalue weighted by atomic mass is 16.1. The van der Waals surface area contributed by atoms with E-state index >= 15 is 0 Å². The van der Waals surface area contributed by atoms with E-state index in [1.54, 1.807) is 24.8 Å². The number of benzene rings is 2. The third-order valence-electron chi connectivity index (χ3n) is 5.27. The predicted molar refractivity (Wildman–Crippen MR) is 121 cm³/mol. The molecule has 0 bridgehead atoms. The van der Waals surface area contributed by atoms with Crippen LogP contribution in [-0.2, 0) is 6.54 Å². The van der Waals surface area contributed by atoms with E-state index in [-0.39, 0.29) is 11.9 Å². The summed E-state index contributed by atoms with van der Waals surface area (Å²) < 4.78 is 2.07. The second kappa shape index (κ2) is 8.92. The zero-order valence-electron chi connectivity index (χ0n) is 17.9. The lowest BCUT2D eigenvalue weighted by atomic mass is 9.98. The van der Waals surface area contributed by atoms with Crippen LogP contribution in [0.5, 0.6) is 0 Å². The Balaban J connectivity index is 1.74. The van der Waals surface area contributed by atoms with Gasteiger partial charge in [0.15, 0.2) is 0 Å². The van der Waals surface area contributed by atoms with E-state index in [4.69, 9.17) is 0 Å². The fourth-order valence-corrected chi connectivity index (χ4v) is 3.51. The summed E-state index contributed by atoms with van der Waals surface area (Å²) in [5.74, 6) is 0.676. The second-order valence-electron chi connectivity index (χ2n) is 7.53. The van der Waals surface area contributed by atoms with Crippen LogP contribution in [0.4, 0.5) is 0 Å². The van der Waals surface area contributed by atoms with Crippen LogP contribution in [0.1, 0.15) is 41.5 Å². The molecule has 31 heavy (non-hydrogen) atoms. The maximum absolute atomic E-state index is 13.2. The molecule has 1 atom stereocenters. The normalized spacial score (nSPS) is 11.8. The van der Waals surface area contributed by atoms with E-state index in [1.165, 1.54) is 5.56 Å². The van der Waals surface area contributed by atoms with Crippen LogP contribution in [0.3, 0.4) is 0 Å². The number of aromatic nitrogens is 4. The van der Waals surface area contributed by atoms with Gasteiger partial charge < -0.3 is 9.88 Å². The lowest BCUT2D eigenvalue weighted by molar-refractivity contribution is 0.0939. The summed E-state index contributed by atoms with van der Waals surface area (Å²) in [6.07, 6.45) is 8.64. The summed E-state index contributed by atoms with van der Waals surface area (Å²) in [6.45, 7) is 6.84. The van der Waals surface area contributed by atoms with Crippen molar-refractivity contribution in [2.75, 3.05) is 0 Å². The number of aryl methyl sites for hydroxylation is 2. The van der Waals surface area contributed by atoms with Crippen LogP contribution in [0.15, 0.2) is 73.4 Å². The molecule has 0 aliphatic carbocycles. The number of hydrogen-bond acceptors (Lipinski definition) is 4. The Morgan fingerprint density at radius 3 is 2.48 bits per heavy atom. The molecule has 156 valence electrons. The van der Waals surface area contributed by atoms with Crippen LogP contribution in [0.25, 0.3) is 22.5 Å². The molecule has 1 amide bonds. The molecule has 6 nitrogen and oxygen atoms in total. The number of rotatable bonds is 6. The number of imidazole rings is 1. The van der Waals surface area contributed by atoms with Crippen molar-refractivity contribution in [3.8, 4) is 22.5 Å². The van der Waals surface area contributed by atoms with Gasteiger partial charge in [-0.3, -0.25) is 14.8 Å². The van der Waals surface area contributed by atoms with Gasteiger partial charge in [0.1, 0.15) is 5.82 Å². The molecule has 0 radical (unpaired) electrons. The van der Waals surface area contributed by atoms with E-state index < -0.39 is 0 Å². The molecule has 2 aromatic carbocycles. The van der Waals surface area contributed by atoms with Gasteiger partial charge in [0.25, 0.3) is 5.91 Å². The number of nitrogens with one attached hydrogen (secondary N) is 1. The molecule has 4 aromatic rings. The topological polar surface area (TPSA) is 72.7 Å². The largest absolute Gasteiger partial charge is 0.344 e. The highest BCUT2D eigenvalue weighted by molar-refractivity contribution is 5.97. The zero-order valence-corrected chi connectivity index (χ0v) is 17.9. The Bertz CT molecular complexity index is 1180. The average Bonchev–Trinajstić information content (AvgIpc) is 3.29. The number of hydrogen-bond donors (Lipinski definition) is 1. The first-order valence-corrected chi connectivity index (χ1v) is 10.4. The molecule has 1 unspecified atom stereocenters. The van der Waals surface area contributed by atoms with Crippen LogP contribution < -0.4 is 5.32 Å². The van der Waals surface area contributed by atoms with E-state index in [2.05, 4.69) is 69.0 Å². The number of carbonyl (C=O) groups is 1. The van der Waals surface area contributed by atoms with E-state index in [0.29, 0.717) is 11.3 Å². The third kappa shape index (κ3) is 4.53. The summed E-state index contributed by atoms with van der Waals surface area (Å²) in [4.78, 5) is 26.1. The highest BCUT2D eigenvalue weighted by Crippen LogP contribution is 2.28. The van der Waals surface area contributed by atoms with Gasteiger partial charge in [0.2, 0.25) is 0 Å². The molecule has 2 heterocycles. The van der Waals surface area contributed by atoms with Crippen molar-refractivity contribution in [2.24, 2.45) is 0 Å². The molecule has 2 aromatic heterocycles. The summed E-state index contributed by atoms with van der Waals surface area (Å²) in [5, 5.41) is 3.03. The lowest BCUT2D eigenvalue weighted by Gasteiger charge is -2.15. The number of amides is 1. The molecule has 0 saturated heterocycles. The molecule has 0 aliphatic heterocycles. The van der Waals surface area contributed by atoms with Crippen molar-refractivity contribution in [1.29, 1.82) is 0 Å². The Labute approximate surface area is 182 Å². The van der Waals surface area contributed by atoms with Crippen LogP contribution >= 0.6 is 0 Å². The highest BCUT2D eigenvalue weighted by Gasteiger charge is 2.16. The smallest absolute Gasteiger partial charge is 0.251 e. The van der Waals surface area contributed by atoms with Crippen LogP contribution in [0, 0.1) is 6.92 Å². The summed E-state index contributed by atoms with van der Waals surface area (Å²) in [6, 6.07) is 13.9. The van der Waals surface area contributed by atoms with Crippen LogP contribution in [-0.4, -0.2) is 25.4 Å². The van der Waals surface area contributed by atoms with Gasteiger partial charge in [-0.2, -0.15) is 0 Å². The Morgan fingerprint density at radius 1 is 1.00 bits per heavy atom. The fraction of sp³-hybridized carbons (Fsp3) is 0.200. The minimum Gasteiger partial charge on any atom is -0.344 e. The van der Waals surface area contributed by atoms with Crippen molar-refractivity contribution in [3.05, 3.63) is 90.3 Å². The molecule has 4 rings (SSSR count). The van der Waals surface area contributed by atoms with E-state index in [0.717, 1.165) is 29.1 Å². The zero-order chi connectivity index (χ0) is 21.8. The molecular weight excluding hydrogens is 386 g/mol. The first-order chi connectivity index (χ1) is 15.0. The molecule has 0 aliphatic rings. The van der Waals surface area contributed by atoms with Crippen molar-refractivity contribution in [3.63, 3.8) is 0 Å². The molecule has 6 heteroatoms. The molecule has 0 fully saturated rings. The number of carbonyl (C=O) groups excluding carboxylic acids is 1. The fourth-order valence-electron chi connectivity index (χ4n) is 3.51. The minimum atomic E-state index is -0.259. The quantitative estimate of drug-likeness (QED) is 0.493. The van der Waals surface area contributed by atoms with Gasteiger partial charge in [-0.1, -0.05) is 29.8 Å². The van der Waals surface area contributed by atoms with Crippen molar-refractivity contribution in [1.82, 2.24) is 24.8 Å². The first-order valence-electron chi connectivity index (χ1n) is 10.4. The van der Waals surface area contributed by atoms with Crippen LogP contribution in [0.2, 0.25) is 0 Å². The van der Waals surface area contributed by atoms with Gasteiger partial charge in [0.05, 0.1) is 17.9 Å². The Kier molecular flexibility index (Phi) is 5.89. The van der Waals surface area contributed by atoms with E-state index in [9.17, 15) is 4.79 Å². The maximum atomic E-state index is 13.2. The van der Waals surface area contributed by atoms with Gasteiger partial charge in [-0.05, 0) is 50.1 Å². The van der Waals surface area contributed by atoms with Gasteiger partial charge in [0, 0.05) is 42.5 Å².